The zero-order chi connectivity index (χ0) is 19.7. The summed E-state index contributed by atoms with van der Waals surface area (Å²) in [5.41, 5.74) is 7.88. The molecule has 3 aromatic rings. The first-order valence-corrected chi connectivity index (χ1v) is 8.98. The highest BCUT2D eigenvalue weighted by Gasteiger charge is 2.44. The Labute approximate surface area is 160 Å². The van der Waals surface area contributed by atoms with Gasteiger partial charge in [-0.1, -0.05) is 30.3 Å². The Kier molecular flexibility index (Phi) is 5.09. The number of aliphatic hydroxyl groups is 3. The minimum absolute atomic E-state index is 0.0446. The van der Waals surface area contributed by atoms with Gasteiger partial charge in [-0.05, 0) is 12.0 Å². The van der Waals surface area contributed by atoms with Crippen LogP contribution >= 0.6 is 0 Å². The fraction of sp³-hybridized carbons (Fsp3) is 0.389. The molecule has 2 aromatic heterocycles. The molecule has 28 heavy (non-hydrogen) atoms. The van der Waals surface area contributed by atoms with Crippen LogP contribution in [0.5, 0.6) is 0 Å². The number of fused-ring (bicyclic) bond motifs is 1. The fourth-order valence-electron chi connectivity index (χ4n) is 3.32. The molecule has 0 spiro atoms. The number of nitrogens with zero attached hydrogens (tertiary/aromatic N) is 4. The average molecular weight is 386 g/mol. The van der Waals surface area contributed by atoms with Gasteiger partial charge >= 0.3 is 0 Å². The van der Waals surface area contributed by atoms with Gasteiger partial charge in [-0.25, -0.2) is 4.98 Å². The van der Waals surface area contributed by atoms with Crippen molar-refractivity contribution in [1.82, 2.24) is 19.5 Å². The number of nitrogens with two attached hydrogens (primary N) is 1. The number of hydrogen-bond acceptors (Lipinski definition) is 9. The van der Waals surface area contributed by atoms with Crippen molar-refractivity contribution in [1.29, 1.82) is 0 Å². The van der Waals surface area contributed by atoms with E-state index in [0.717, 1.165) is 6.42 Å². The lowest BCUT2D eigenvalue weighted by molar-refractivity contribution is -0.0511. The van der Waals surface area contributed by atoms with Gasteiger partial charge in [-0.2, -0.15) is 9.97 Å². The third kappa shape index (κ3) is 3.38. The van der Waals surface area contributed by atoms with Crippen molar-refractivity contribution in [3.8, 4) is 0 Å². The van der Waals surface area contributed by atoms with Gasteiger partial charge in [0.25, 0.3) is 0 Å². The molecule has 3 heterocycles. The zero-order valence-electron chi connectivity index (χ0n) is 15.0. The summed E-state index contributed by atoms with van der Waals surface area (Å²) in [7, 11) is 0. The first kappa shape index (κ1) is 18.6. The van der Waals surface area contributed by atoms with Gasteiger partial charge in [0.2, 0.25) is 5.95 Å². The second-order valence-corrected chi connectivity index (χ2v) is 6.65. The molecule has 0 amide bonds. The monoisotopic (exact) mass is 386 g/mol. The number of hydrogen-bond donors (Lipinski definition) is 5. The van der Waals surface area contributed by atoms with Gasteiger partial charge in [0.05, 0.1) is 12.9 Å². The summed E-state index contributed by atoms with van der Waals surface area (Å²) in [4.78, 5) is 12.8. The predicted octanol–water partition coefficient (Wildman–Crippen LogP) is -0.325. The molecule has 0 saturated carbocycles. The van der Waals surface area contributed by atoms with Gasteiger partial charge in [0.1, 0.15) is 18.3 Å². The van der Waals surface area contributed by atoms with Crippen LogP contribution in [0, 0.1) is 0 Å². The minimum atomic E-state index is -1.24. The van der Waals surface area contributed by atoms with E-state index in [2.05, 4.69) is 20.3 Å². The van der Waals surface area contributed by atoms with Gasteiger partial charge in [-0.15, -0.1) is 0 Å². The molecule has 4 atom stereocenters. The molecule has 1 aliphatic heterocycles. The normalized spacial score (nSPS) is 24.7. The van der Waals surface area contributed by atoms with E-state index in [-0.39, 0.29) is 5.95 Å². The molecular formula is C18H22N6O4. The Morgan fingerprint density at radius 2 is 1.93 bits per heavy atom. The summed E-state index contributed by atoms with van der Waals surface area (Å²) >= 11 is 0. The van der Waals surface area contributed by atoms with Crippen molar-refractivity contribution in [2.45, 2.75) is 31.0 Å². The first-order chi connectivity index (χ1) is 13.6. The van der Waals surface area contributed by atoms with E-state index in [0.29, 0.717) is 23.5 Å². The second kappa shape index (κ2) is 7.68. The number of ether oxygens (including phenoxy) is 1. The maximum Gasteiger partial charge on any atom is 0.224 e. The lowest BCUT2D eigenvalue weighted by Crippen LogP contribution is -2.33. The van der Waals surface area contributed by atoms with E-state index in [4.69, 9.17) is 10.5 Å². The quantitative estimate of drug-likeness (QED) is 0.383. The Bertz CT molecular complexity index is 950. The van der Waals surface area contributed by atoms with Crippen molar-refractivity contribution >= 4 is 22.9 Å². The smallest absolute Gasteiger partial charge is 0.224 e. The minimum Gasteiger partial charge on any atom is -0.394 e. The average Bonchev–Trinajstić information content (AvgIpc) is 3.24. The molecule has 148 valence electrons. The van der Waals surface area contributed by atoms with E-state index in [1.165, 1.54) is 16.5 Å². The van der Waals surface area contributed by atoms with Crippen molar-refractivity contribution in [2.24, 2.45) is 0 Å². The number of imidazole rings is 1. The summed E-state index contributed by atoms with van der Waals surface area (Å²) in [5.74, 6) is 0.520. The van der Waals surface area contributed by atoms with E-state index >= 15 is 0 Å². The summed E-state index contributed by atoms with van der Waals surface area (Å²) in [6.07, 6.45) is -2.04. The Morgan fingerprint density at radius 1 is 1.14 bits per heavy atom. The molecule has 0 aliphatic carbocycles. The zero-order valence-corrected chi connectivity index (χ0v) is 15.0. The molecule has 0 unspecified atom stereocenters. The maximum absolute atomic E-state index is 10.3. The van der Waals surface area contributed by atoms with E-state index < -0.39 is 31.1 Å². The topological polar surface area (TPSA) is 152 Å². The lowest BCUT2D eigenvalue weighted by atomic mass is 10.1. The van der Waals surface area contributed by atoms with Crippen LogP contribution in [0.2, 0.25) is 0 Å². The van der Waals surface area contributed by atoms with Crippen LogP contribution in [0.25, 0.3) is 11.2 Å². The largest absolute Gasteiger partial charge is 0.394 e. The standard InChI is InChI=1S/C18H22N6O4/c19-18-22-15(20-7-6-10-4-2-1-3-5-10)12-16(23-18)24(9-21-12)17-14(27)13(26)11(8-25)28-17/h1-5,9,11,13-14,17,25-27H,6-8H2,(H3,19,20,22,23)/t11-,13-,14-,17-/m1/s1. The molecule has 1 saturated heterocycles. The molecule has 6 N–H and O–H groups in total. The van der Waals surface area contributed by atoms with Gasteiger partial charge in [0.15, 0.2) is 23.2 Å². The Morgan fingerprint density at radius 3 is 2.64 bits per heavy atom. The summed E-state index contributed by atoms with van der Waals surface area (Å²) in [6, 6.07) is 10.0. The van der Waals surface area contributed by atoms with E-state index in [1.807, 2.05) is 30.3 Å². The summed E-state index contributed by atoms with van der Waals surface area (Å²) < 4.78 is 7.04. The molecule has 0 bridgehead atoms. The molecule has 4 rings (SSSR count). The lowest BCUT2D eigenvalue weighted by Gasteiger charge is -2.16. The van der Waals surface area contributed by atoms with Crippen molar-refractivity contribution in [2.75, 3.05) is 24.2 Å². The number of aliphatic hydroxyl groups excluding tert-OH is 3. The molecule has 1 aromatic carbocycles. The highest BCUT2D eigenvalue weighted by Crippen LogP contribution is 2.32. The number of rotatable bonds is 6. The van der Waals surface area contributed by atoms with Gasteiger partial charge in [-0.3, -0.25) is 4.57 Å². The maximum atomic E-state index is 10.3. The van der Waals surface area contributed by atoms with Crippen LogP contribution in [0.15, 0.2) is 36.7 Å². The third-order valence-corrected chi connectivity index (χ3v) is 4.78. The van der Waals surface area contributed by atoms with Crippen LogP contribution in [0.3, 0.4) is 0 Å². The number of nitrogen functional groups attached to an aromatic ring is 1. The SMILES string of the molecule is Nc1nc(NCCc2ccccc2)c2ncn([C@@H]3O[C@H](CO)[C@@H](O)[C@H]3O)c2n1. The van der Waals surface area contributed by atoms with Crippen molar-refractivity contribution in [3.63, 3.8) is 0 Å². The van der Waals surface area contributed by atoms with Crippen LogP contribution < -0.4 is 11.1 Å². The molecule has 1 aliphatic rings. The van der Waals surface area contributed by atoms with Crippen LogP contribution in [-0.2, 0) is 11.2 Å². The molecule has 1 fully saturated rings. The van der Waals surface area contributed by atoms with Crippen molar-refractivity contribution < 1.29 is 20.1 Å². The number of anilines is 2. The Balaban J connectivity index is 1.58. The number of nitrogens with one attached hydrogen (secondary N) is 1. The van der Waals surface area contributed by atoms with Crippen LogP contribution in [-0.4, -0.2) is 66.3 Å². The summed E-state index contributed by atoms with van der Waals surface area (Å²) in [5, 5.41) is 32.8. The molecular weight excluding hydrogens is 364 g/mol. The van der Waals surface area contributed by atoms with Gasteiger partial charge in [0, 0.05) is 6.54 Å². The fourth-order valence-corrected chi connectivity index (χ4v) is 3.32. The summed E-state index contributed by atoms with van der Waals surface area (Å²) in [6.45, 7) is 0.209. The predicted molar refractivity (Wildman–Crippen MR) is 101 cm³/mol. The first-order valence-electron chi connectivity index (χ1n) is 8.98. The molecule has 0 radical (unpaired) electrons. The molecule has 10 nitrogen and oxygen atoms in total. The second-order valence-electron chi connectivity index (χ2n) is 6.65. The molecule has 10 heteroatoms. The number of aromatic nitrogens is 4. The van der Waals surface area contributed by atoms with E-state index in [9.17, 15) is 15.3 Å². The number of benzene rings is 1. The highest BCUT2D eigenvalue weighted by atomic mass is 16.6. The van der Waals surface area contributed by atoms with Crippen LogP contribution in [0.1, 0.15) is 11.8 Å². The van der Waals surface area contributed by atoms with Gasteiger partial charge < -0.3 is 31.1 Å². The Hall–Kier alpha value is -2.79. The van der Waals surface area contributed by atoms with E-state index in [1.54, 1.807) is 0 Å². The third-order valence-electron chi connectivity index (χ3n) is 4.78. The highest BCUT2D eigenvalue weighted by molar-refractivity contribution is 5.84. The van der Waals surface area contributed by atoms with Crippen molar-refractivity contribution in [3.05, 3.63) is 42.2 Å². The van der Waals surface area contributed by atoms with Crippen LogP contribution in [0.4, 0.5) is 11.8 Å².